The lowest BCUT2D eigenvalue weighted by Gasteiger charge is -2.44. The van der Waals surface area contributed by atoms with Crippen molar-refractivity contribution in [1.82, 2.24) is 20.4 Å². The zero-order chi connectivity index (χ0) is 21.8. The average Bonchev–Trinajstić information content (AvgIpc) is 3.23. The standard InChI is InChI=1S/C21H17ClN4O5/c22-15-9-12(7-13-10-23-25-17(13)15)19(28)26-5-3-21(4-6-26)24-18(27)14-8-11(20(29)30)1-2-16(14)31-21/h1-2,7-10H,3-6H2,(H,23,25)(H,24,27)(H,29,30). The number of aromatic nitrogens is 2. The number of carbonyl (C=O) groups excluding carboxylic acids is 2. The molecule has 5 rings (SSSR count). The number of ether oxygens (including phenoxy) is 1. The van der Waals surface area contributed by atoms with Gasteiger partial charge in [0.1, 0.15) is 5.75 Å². The zero-order valence-corrected chi connectivity index (χ0v) is 16.9. The molecule has 3 aromatic rings. The number of nitrogens with one attached hydrogen (secondary N) is 2. The summed E-state index contributed by atoms with van der Waals surface area (Å²) in [6.45, 7) is 0.755. The van der Waals surface area contributed by atoms with Crippen LogP contribution < -0.4 is 10.1 Å². The molecule has 10 heteroatoms. The van der Waals surface area contributed by atoms with E-state index in [2.05, 4.69) is 15.5 Å². The average molecular weight is 441 g/mol. The first-order chi connectivity index (χ1) is 14.8. The fraction of sp³-hybridized carbons (Fsp3) is 0.238. The third-order valence-electron chi connectivity index (χ3n) is 5.72. The monoisotopic (exact) mass is 440 g/mol. The number of hydrogen-bond acceptors (Lipinski definition) is 5. The molecule has 31 heavy (non-hydrogen) atoms. The Bertz CT molecular complexity index is 1250. The molecule has 1 spiro atoms. The summed E-state index contributed by atoms with van der Waals surface area (Å²) in [5.74, 6) is -1.32. The van der Waals surface area contributed by atoms with Crippen molar-refractivity contribution < 1.29 is 24.2 Å². The van der Waals surface area contributed by atoms with Gasteiger partial charge in [-0.05, 0) is 30.3 Å². The van der Waals surface area contributed by atoms with E-state index >= 15 is 0 Å². The normalized spacial score (nSPS) is 17.2. The van der Waals surface area contributed by atoms with Gasteiger partial charge in [-0.3, -0.25) is 14.7 Å². The van der Waals surface area contributed by atoms with E-state index in [0.717, 1.165) is 5.39 Å². The number of likely N-dealkylation sites (tertiary alicyclic amines) is 1. The van der Waals surface area contributed by atoms with Crippen molar-refractivity contribution in [3.8, 4) is 5.75 Å². The number of carboxylic acid groups (broad SMARTS) is 1. The first-order valence-corrected chi connectivity index (χ1v) is 10.0. The minimum absolute atomic E-state index is 0.0159. The minimum Gasteiger partial charge on any atom is -0.478 e. The molecule has 0 radical (unpaired) electrons. The number of carbonyl (C=O) groups is 3. The molecule has 2 aliphatic rings. The number of carboxylic acids is 1. The number of benzene rings is 2. The molecular formula is C21H17ClN4O5. The van der Waals surface area contributed by atoms with Crippen LogP contribution in [0.3, 0.4) is 0 Å². The Morgan fingerprint density at radius 3 is 2.68 bits per heavy atom. The SMILES string of the molecule is O=C(O)c1ccc2c(c1)C(=O)NC1(CCN(C(=O)c3cc(Cl)c4[nH]ncc4c3)CC1)O2. The number of hydrogen-bond donors (Lipinski definition) is 3. The summed E-state index contributed by atoms with van der Waals surface area (Å²) in [4.78, 5) is 38.5. The van der Waals surface area contributed by atoms with E-state index < -0.39 is 11.7 Å². The van der Waals surface area contributed by atoms with E-state index in [1.807, 2.05) is 0 Å². The molecule has 3 heterocycles. The topological polar surface area (TPSA) is 125 Å². The van der Waals surface area contributed by atoms with Crippen LogP contribution in [0.4, 0.5) is 0 Å². The van der Waals surface area contributed by atoms with Crippen LogP contribution in [0.1, 0.15) is 43.9 Å². The highest BCUT2D eigenvalue weighted by atomic mass is 35.5. The maximum Gasteiger partial charge on any atom is 0.335 e. The number of amides is 2. The molecule has 1 saturated heterocycles. The molecule has 2 amide bonds. The Morgan fingerprint density at radius 2 is 1.94 bits per heavy atom. The molecule has 0 unspecified atom stereocenters. The molecule has 9 nitrogen and oxygen atoms in total. The van der Waals surface area contributed by atoms with Gasteiger partial charge in [-0.25, -0.2) is 4.79 Å². The van der Waals surface area contributed by atoms with Crippen molar-refractivity contribution in [2.24, 2.45) is 0 Å². The number of H-pyrrole nitrogens is 1. The van der Waals surface area contributed by atoms with Crippen LogP contribution in [0.5, 0.6) is 5.75 Å². The van der Waals surface area contributed by atoms with Gasteiger partial charge < -0.3 is 20.1 Å². The molecule has 2 aromatic carbocycles. The van der Waals surface area contributed by atoms with Gasteiger partial charge >= 0.3 is 5.97 Å². The van der Waals surface area contributed by atoms with Crippen molar-refractivity contribution in [2.45, 2.75) is 18.6 Å². The first kappa shape index (κ1) is 19.4. The zero-order valence-electron chi connectivity index (χ0n) is 16.1. The molecular weight excluding hydrogens is 424 g/mol. The first-order valence-electron chi connectivity index (χ1n) is 9.66. The molecule has 0 bridgehead atoms. The lowest BCUT2D eigenvalue weighted by atomic mass is 9.95. The maximum absolute atomic E-state index is 13.0. The van der Waals surface area contributed by atoms with Crippen molar-refractivity contribution in [1.29, 1.82) is 0 Å². The van der Waals surface area contributed by atoms with Crippen LogP contribution in [-0.4, -0.2) is 56.8 Å². The number of nitrogens with zero attached hydrogens (tertiary/aromatic N) is 2. The van der Waals surface area contributed by atoms with E-state index in [1.165, 1.54) is 18.2 Å². The summed E-state index contributed by atoms with van der Waals surface area (Å²) < 4.78 is 6.07. The maximum atomic E-state index is 13.0. The fourth-order valence-corrected chi connectivity index (χ4v) is 4.33. The number of aromatic amines is 1. The summed E-state index contributed by atoms with van der Waals surface area (Å²) in [6.07, 6.45) is 2.40. The van der Waals surface area contributed by atoms with Crippen LogP contribution >= 0.6 is 11.6 Å². The fourth-order valence-electron chi connectivity index (χ4n) is 4.06. The second-order valence-corrected chi connectivity index (χ2v) is 8.06. The summed E-state index contributed by atoms with van der Waals surface area (Å²) in [7, 11) is 0. The van der Waals surface area contributed by atoms with Crippen molar-refractivity contribution in [3.05, 3.63) is 58.2 Å². The number of aromatic carboxylic acids is 1. The Hall–Kier alpha value is -3.59. The van der Waals surface area contributed by atoms with Gasteiger partial charge in [-0.2, -0.15) is 5.10 Å². The van der Waals surface area contributed by atoms with Crippen LogP contribution in [-0.2, 0) is 0 Å². The molecule has 158 valence electrons. The lowest BCUT2D eigenvalue weighted by molar-refractivity contribution is -0.0245. The van der Waals surface area contributed by atoms with E-state index in [-0.39, 0.29) is 22.9 Å². The van der Waals surface area contributed by atoms with Crippen molar-refractivity contribution in [2.75, 3.05) is 13.1 Å². The second-order valence-electron chi connectivity index (χ2n) is 7.65. The number of fused-ring (bicyclic) bond motifs is 2. The third-order valence-corrected chi connectivity index (χ3v) is 6.02. The molecule has 3 N–H and O–H groups in total. The molecule has 0 aliphatic carbocycles. The van der Waals surface area contributed by atoms with Gasteiger partial charge in [0, 0.05) is 36.9 Å². The van der Waals surface area contributed by atoms with Gasteiger partial charge in [-0.1, -0.05) is 11.6 Å². The van der Waals surface area contributed by atoms with Gasteiger partial charge in [0.25, 0.3) is 11.8 Å². The highest BCUT2D eigenvalue weighted by Gasteiger charge is 2.43. The van der Waals surface area contributed by atoms with E-state index in [9.17, 15) is 14.4 Å². The summed E-state index contributed by atoms with van der Waals surface area (Å²) in [6, 6.07) is 7.56. The Balaban J connectivity index is 1.33. The van der Waals surface area contributed by atoms with Gasteiger partial charge in [0.15, 0.2) is 5.72 Å². The quantitative estimate of drug-likeness (QED) is 0.562. The smallest absolute Gasteiger partial charge is 0.335 e. The Kier molecular flexibility index (Phi) is 4.37. The number of piperidine rings is 1. The Labute approximate surface area is 180 Å². The van der Waals surface area contributed by atoms with E-state index in [4.69, 9.17) is 21.4 Å². The van der Waals surface area contributed by atoms with E-state index in [0.29, 0.717) is 47.8 Å². The largest absolute Gasteiger partial charge is 0.478 e. The van der Waals surface area contributed by atoms with E-state index in [1.54, 1.807) is 23.2 Å². The molecule has 1 aromatic heterocycles. The molecule has 1 fully saturated rings. The summed E-state index contributed by atoms with van der Waals surface area (Å²) in [5.41, 5.74) is 0.417. The van der Waals surface area contributed by atoms with Crippen molar-refractivity contribution >= 4 is 40.3 Å². The molecule has 0 saturated carbocycles. The molecule has 0 atom stereocenters. The highest BCUT2D eigenvalue weighted by Crippen LogP contribution is 2.34. The second kappa shape index (κ2) is 6.98. The predicted octanol–water partition coefficient (Wildman–Crippen LogP) is 2.67. The highest BCUT2D eigenvalue weighted by molar-refractivity contribution is 6.35. The Morgan fingerprint density at radius 1 is 1.16 bits per heavy atom. The number of halogens is 1. The van der Waals surface area contributed by atoms with Crippen LogP contribution in [0.2, 0.25) is 5.02 Å². The van der Waals surface area contributed by atoms with Crippen LogP contribution in [0.25, 0.3) is 10.9 Å². The van der Waals surface area contributed by atoms with Crippen molar-refractivity contribution in [3.63, 3.8) is 0 Å². The molecule has 2 aliphatic heterocycles. The van der Waals surface area contributed by atoms with Gasteiger partial charge in [0.05, 0.1) is 27.9 Å². The number of rotatable bonds is 2. The summed E-state index contributed by atoms with van der Waals surface area (Å²) in [5, 5.41) is 19.9. The van der Waals surface area contributed by atoms with Crippen LogP contribution in [0, 0.1) is 0 Å². The third kappa shape index (κ3) is 3.27. The van der Waals surface area contributed by atoms with Crippen LogP contribution in [0.15, 0.2) is 36.5 Å². The summed E-state index contributed by atoms with van der Waals surface area (Å²) >= 11 is 6.25. The van der Waals surface area contributed by atoms with Gasteiger partial charge in [0.2, 0.25) is 0 Å². The van der Waals surface area contributed by atoms with Gasteiger partial charge in [-0.15, -0.1) is 0 Å². The lowest BCUT2D eigenvalue weighted by Crippen LogP contribution is -2.61. The predicted molar refractivity (Wildman–Crippen MR) is 110 cm³/mol. The minimum atomic E-state index is -1.11.